The van der Waals surface area contributed by atoms with Crippen molar-refractivity contribution in [3.05, 3.63) is 42.2 Å². The number of para-hydroxylation sites is 1. The van der Waals surface area contributed by atoms with Gasteiger partial charge < -0.3 is 19.9 Å². The molecule has 0 spiro atoms. The van der Waals surface area contributed by atoms with Gasteiger partial charge in [0.2, 0.25) is 6.79 Å². The molecule has 1 aliphatic carbocycles. The molecule has 0 saturated heterocycles. The van der Waals surface area contributed by atoms with E-state index in [0.29, 0.717) is 6.54 Å². The van der Waals surface area contributed by atoms with E-state index in [2.05, 4.69) is 10.4 Å². The molecule has 0 unspecified atom stereocenters. The lowest BCUT2D eigenvalue weighted by atomic mass is 9.83. The molecule has 1 aliphatic heterocycles. The van der Waals surface area contributed by atoms with Crippen LogP contribution in [0.5, 0.6) is 11.5 Å². The first-order valence-electron chi connectivity index (χ1n) is 7.11. The lowest BCUT2D eigenvalue weighted by Gasteiger charge is -2.42. The van der Waals surface area contributed by atoms with Gasteiger partial charge in [0.05, 0.1) is 12.1 Å². The third-order valence-corrected chi connectivity index (χ3v) is 4.17. The molecule has 1 saturated carbocycles. The molecule has 3 atom stereocenters. The van der Waals surface area contributed by atoms with E-state index >= 15 is 0 Å². The van der Waals surface area contributed by atoms with Gasteiger partial charge in [-0.25, -0.2) is 0 Å². The number of hydrogen-bond donors (Lipinski definition) is 2. The fourth-order valence-corrected chi connectivity index (χ4v) is 3.00. The fourth-order valence-electron chi connectivity index (χ4n) is 3.00. The standard InChI is InChI=1S/C15H17N3O3/c19-12-7-11(14(12)18-6-2-5-17-18)16-8-10-3-1-4-13-15(10)21-9-20-13/h1-6,11-12,14,16,19H,7-9H2/t11-,12+,14+/m0/s1. The van der Waals surface area contributed by atoms with Crippen LogP contribution in [0.25, 0.3) is 0 Å². The maximum Gasteiger partial charge on any atom is 0.231 e. The van der Waals surface area contributed by atoms with Crippen molar-refractivity contribution in [2.24, 2.45) is 0 Å². The van der Waals surface area contributed by atoms with Gasteiger partial charge in [0.25, 0.3) is 0 Å². The van der Waals surface area contributed by atoms with Crippen molar-refractivity contribution in [2.45, 2.75) is 31.2 Å². The molecule has 21 heavy (non-hydrogen) atoms. The van der Waals surface area contributed by atoms with E-state index in [9.17, 15) is 5.11 Å². The molecule has 110 valence electrons. The molecule has 1 aromatic heterocycles. The summed E-state index contributed by atoms with van der Waals surface area (Å²) >= 11 is 0. The first-order valence-corrected chi connectivity index (χ1v) is 7.11. The number of nitrogens with zero attached hydrogens (tertiary/aromatic N) is 2. The first kappa shape index (κ1) is 12.7. The minimum atomic E-state index is -0.344. The van der Waals surface area contributed by atoms with Gasteiger partial charge in [-0.2, -0.15) is 5.10 Å². The number of fused-ring (bicyclic) bond motifs is 1. The Morgan fingerprint density at radius 1 is 1.33 bits per heavy atom. The molecule has 2 aromatic rings. The highest BCUT2D eigenvalue weighted by Crippen LogP contribution is 2.36. The maximum absolute atomic E-state index is 9.96. The Labute approximate surface area is 122 Å². The van der Waals surface area contributed by atoms with Crippen molar-refractivity contribution in [1.29, 1.82) is 0 Å². The highest BCUT2D eigenvalue weighted by molar-refractivity contribution is 5.48. The molecule has 6 heteroatoms. The van der Waals surface area contributed by atoms with E-state index in [0.717, 1.165) is 23.5 Å². The number of aliphatic hydroxyl groups is 1. The van der Waals surface area contributed by atoms with Crippen LogP contribution in [0, 0.1) is 0 Å². The quantitative estimate of drug-likeness (QED) is 0.880. The van der Waals surface area contributed by atoms with Crippen LogP contribution in [-0.4, -0.2) is 33.8 Å². The molecule has 0 radical (unpaired) electrons. The van der Waals surface area contributed by atoms with Crippen molar-refractivity contribution >= 4 is 0 Å². The largest absolute Gasteiger partial charge is 0.454 e. The van der Waals surface area contributed by atoms with Crippen molar-refractivity contribution < 1.29 is 14.6 Å². The summed E-state index contributed by atoms with van der Waals surface area (Å²) in [6.45, 7) is 0.964. The van der Waals surface area contributed by atoms with E-state index in [1.807, 2.05) is 35.1 Å². The zero-order chi connectivity index (χ0) is 14.2. The van der Waals surface area contributed by atoms with Gasteiger partial charge in [-0.15, -0.1) is 0 Å². The minimum Gasteiger partial charge on any atom is -0.454 e. The number of nitrogens with one attached hydrogen (secondary N) is 1. The minimum absolute atomic E-state index is 0.00562. The summed E-state index contributed by atoms with van der Waals surface area (Å²) in [4.78, 5) is 0. The number of rotatable bonds is 4. The Morgan fingerprint density at radius 2 is 2.29 bits per heavy atom. The van der Waals surface area contributed by atoms with Gasteiger partial charge in [0.15, 0.2) is 11.5 Å². The topological polar surface area (TPSA) is 68.5 Å². The van der Waals surface area contributed by atoms with Crippen LogP contribution in [0.1, 0.15) is 18.0 Å². The average Bonchev–Trinajstić information content (AvgIpc) is 3.14. The first-order chi connectivity index (χ1) is 10.3. The normalized spacial score (nSPS) is 26.6. The fraction of sp³-hybridized carbons (Fsp3) is 0.400. The predicted octanol–water partition coefficient (Wildman–Crippen LogP) is 1.08. The summed E-state index contributed by atoms with van der Waals surface area (Å²) in [5, 5.41) is 17.7. The molecular weight excluding hydrogens is 270 g/mol. The SMILES string of the molecule is O[C@@H]1C[C@H](NCc2cccc3c2OCO3)[C@H]1n1cccn1. The molecule has 4 rings (SSSR count). The van der Waals surface area contributed by atoms with E-state index in [4.69, 9.17) is 9.47 Å². The van der Waals surface area contributed by atoms with Crippen molar-refractivity contribution in [1.82, 2.24) is 15.1 Å². The van der Waals surface area contributed by atoms with Gasteiger partial charge in [0, 0.05) is 30.5 Å². The van der Waals surface area contributed by atoms with Gasteiger partial charge in [-0.05, 0) is 18.6 Å². The third kappa shape index (κ3) is 2.16. The molecule has 6 nitrogen and oxygen atoms in total. The number of aliphatic hydroxyl groups excluding tert-OH is 1. The smallest absolute Gasteiger partial charge is 0.231 e. The van der Waals surface area contributed by atoms with E-state index in [1.54, 1.807) is 6.20 Å². The van der Waals surface area contributed by atoms with Gasteiger partial charge in [-0.1, -0.05) is 12.1 Å². The van der Waals surface area contributed by atoms with Gasteiger partial charge in [0.1, 0.15) is 0 Å². The zero-order valence-electron chi connectivity index (χ0n) is 11.5. The second-order valence-electron chi connectivity index (χ2n) is 5.42. The van der Waals surface area contributed by atoms with Crippen LogP contribution in [0.3, 0.4) is 0 Å². The average molecular weight is 287 g/mol. The summed E-state index contributed by atoms with van der Waals surface area (Å²) < 4.78 is 12.7. The molecule has 2 N–H and O–H groups in total. The van der Waals surface area contributed by atoms with Crippen molar-refractivity contribution in [3.63, 3.8) is 0 Å². The Hall–Kier alpha value is -2.05. The van der Waals surface area contributed by atoms with Crippen molar-refractivity contribution in [2.75, 3.05) is 6.79 Å². The molecule has 1 aromatic carbocycles. The Balaban J connectivity index is 1.45. The lowest BCUT2D eigenvalue weighted by Crippen LogP contribution is -2.54. The zero-order valence-corrected chi connectivity index (χ0v) is 11.5. The highest BCUT2D eigenvalue weighted by Gasteiger charge is 2.41. The number of ether oxygens (including phenoxy) is 2. The van der Waals surface area contributed by atoms with Gasteiger partial charge in [-0.3, -0.25) is 4.68 Å². The van der Waals surface area contributed by atoms with Crippen LogP contribution in [0.15, 0.2) is 36.7 Å². The van der Waals surface area contributed by atoms with Crippen molar-refractivity contribution in [3.8, 4) is 11.5 Å². The predicted molar refractivity (Wildman–Crippen MR) is 75.1 cm³/mol. The van der Waals surface area contributed by atoms with E-state index < -0.39 is 0 Å². The third-order valence-electron chi connectivity index (χ3n) is 4.17. The molecule has 0 amide bonds. The summed E-state index contributed by atoms with van der Waals surface area (Å²) in [6.07, 6.45) is 4.01. The van der Waals surface area contributed by atoms with Crippen LogP contribution in [-0.2, 0) is 6.54 Å². The highest BCUT2D eigenvalue weighted by atomic mass is 16.7. The molecule has 2 aliphatic rings. The van der Waals surface area contributed by atoms with Crippen LogP contribution in [0.2, 0.25) is 0 Å². The summed E-state index contributed by atoms with van der Waals surface area (Å²) in [5.74, 6) is 1.62. The Morgan fingerprint density at radius 3 is 3.10 bits per heavy atom. The molecule has 2 heterocycles. The van der Waals surface area contributed by atoms with Gasteiger partial charge >= 0.3 is 0 Å². The van der Waals surface area contributed by atoms with E-state index in [1.165, 1.54) is 0 Å². The lowest BCUT2D eigenvalue weighted by molar-refractivity contribution is -0.00826. The summed E-state index contributed by atoms with van der Waals surface area (Å²) in [5.41, 5.74) is 1.07. The molecular formula is C15H17N3O3. The second-order valence-corrected chi connectivity index (χ2v) is 5.42. The summed E-state index contributed by atoms with van der Waals surface area (Å²) in [6, 6.07) is 7.97. The molecule has 1 fully saturated rings. The number of hydrogen-bond acceptors (Lipinski definition) is 5. The summed E-state index contributed by atoms with van der Waals surface area (Å²) in [7, 11) is 0. The van der Waals surface area contributed by atoms with Crippen LogP contribution in [0.4, 0.5) is 0 Å². The Kier molecular flexibility index (Phi) is 3.05. The molecule has 0 bridgehead atoms. The maximum atomic E-state index is 9.96. The Bertz CT molecular complexity index is 629. The van der Waals surface area contributed by atoms with Crippen LogP contribution >= 0.6 is 0 Å². The monoisotopic (exact) mass is 287 g/mol. The van der Waals surface area contributed by atoms with Crippen LogP contribution < -0.4 is 14.8 Å². The number of benzene rings is 1. The van der Waals surface area contributed by atoms with E-state index in [-0.39, 0.29) is 25.0 Å². The second kappa shape index (κ2) is 5.05. The number of aromatic nitrogens is 2.